The van der Waals surface area contributed by atoms with E-state index in [4.69, 9.17) is 5.11 Å². The second-order valence-electron chi connectivity index (χ2n) is 7.67. The van der Waals surface area contributed by atoms with Crippen LogP contribution in [0.4, 0.5) is 0 Å². The van der Waals surface area contributed by atoms with Crippen LogP contribution in [0.5, 0.6) is 0 Å². The number of carbonyl (C=O) groups is 1. The van der Waals surface area contributed by atoms with E-state index in [2.05, 4.69) is 5.32 Å². The highest BCUT2D eigenvalue weighted by molar-refractivity contribution is 7.38. The lowest BCUT2D eigenvalue weighted by molar-refractivity contribution is -0.136. The van der Waals surface area contributed by atoms with Crippen molar-refractivity contribution in [3.63, 3.8) is 0 Å². The van der Waals surface area contributed by atoms with Crippen LogP contribution in [0.15, 0.2) is 24.3 Å². The molecule has 1 aliphatic carbocycles. The first-order valence-electron chi connectivity index (χ1n) is 9.81. The quantitative estimate of drug-likeness (QED) is 0.452. The van der Waals surface area contributed by atoms with Gasteiger partial charge in [-0.25, -0.2) is 0 Å². The molecule has 1 aromatic rings. The van der Waals surface area contributed by atoms with Crippen LogP contribution in [0, 0.1) is 5.92 Å². The van der Waals surface area contributed by atoms with E-state index in [1.807, 2.05) is 19.1 Å². The molecule has 0 amide bonds. The van der Waals surface area contributed by atoms with Gasteiger partial charge in [0, 0.05) is 18.2 Å². The van der Waals surface area contributed by atoms with Crippen molar-refractivity contribution in [2.24, 2.45) is 5.92 Å². The molecule has 2 rings (SSSR count). The van der Waals surface area contributed by atoms with Crippen molar-refractivity contribution in [3.05, 3.63) is 35.4 Å². The van der Waals surface area contributed by atoms with Gasteiger partial charge in [0.1, 0.15) is 0 Å². The van der Waals surface area contributed by atoms with Crippen LogP contribution in [0.3, 0.4) is 0 Å². The lowest BCUT2D eigenvalue weighted by atomic mass is 9.85. The van der Waals surface area contributed by atoms with Crippen molar-refractivity contribution in [2.45, 2.75) is 69.7 Å². The minimum absolute atomic E-state index is 0.00202. The summed E-state index contributed by atoms with van der Waals surface area (Å²) < 4.78 is 11.8. The molecule has 7 heteroatoms. The van der Waals surface area contributed by atoms with Crippen LogP contribution in [0.25, 0.3) is 0 Å². The Morgan fingerprint density at radius 1 is 1.22 bits per heavy atom. The average molecular weight is 397 g/mol. The van der Waals surface area contributed by atoms with E-state index < -0.39 is 20.1 Å². The van der Waals surface area contributed by atoms with Crippen LogP contribution in [-0.4, -0.2) is 39.4 Å². The lowest BCUT2D eigenvalue weighted by Gasteiger charge is -2.30. The van der Waals surface area contributed by atoms with Crippen LogP contribution in [0.1, 0.15) is 62.6 Å². The van der Waals surface area contributed by atoms with Crippen LogP contribution in [-0.2, 0) is 15.8 Å². The highest BCUT2D eigenvalue weighted by Gasteiger charge is 2.29. The molecule has 0 radical (unpaired) electrons. The molecule has 0 bridgehead atoms. The second kappa shape index (κ2) is 11.0. The summed E-state index contributed by atoms with van der Waals surface area (Å²) in [6.07, 6.45) is 5.09. The summed E-state index contributed by atoms with van der Waals surface area (Å²) in [4.78, 5) is 20.5. The largest absolute Gasteiger partial charge is 0.481 e. The number of aliphatic carboxylic acids is 1. The molecule has 6 nitrogen and oxygen atoms in total. The number of hydrogen-bond acceptors (Lipinski definition) is 4. The van der Waals surface area contributed by atoms with Gasteiger partial charge >= 0.3 is 5.97 Å². The molecule has 0 aliphatic heterocycles. The van der Waals surface area contributed by atoms with E-state index in [1.165, 1.54) is 6.42 Å². The Hall–Kier alpha value is -1.20. The number of carboxylic acids is 1. The molecule has 0 saturated heterocycles. The van der Waals surface area contributed by atoms with Crippen LogP contribution in [0.2, 0.25) is 0 Å². The number of nitrogens with one attached hydrogen (secondary N) is 1. The Balaban J connectivity index is 1.83. The lowest BCUT2D eigenvalue weighted by Crippen LogP contribution is -2.33. The first-order chi connectivity index (χ1) is 12.9. The minimum atomic E-state index is -2.66. The Bertz CT molecular complexity index is 615. The zero-order valence-electron chi connectivity index (χ0n) is 15.9. The molecular formula is C20H32NO5P. The van der Waals surface area contributed by atoms with Crippen LogP contribution < -0.4 is 5.32 Å². The zero-order chi connectivity index (χ0) is 19.8. The number of rotatable bonds is 10. The molecule has 0 aromatic heterocycles. The minimum Gasteiger partial charge on any atom is -0.481 e. The van der Waals surface area contributed by atoms with Crippen molar-refractivity contribution < 1.29 is 24.5 Å². The van der Waals surface area contributed by atoms with E-state index in [-0.39, 0.29) is 24.0 Å². The van der Waals surface area contributed by atoms with Gasteiger partial charge in [-0.05, 0) is 43.2 Å². The molecule has 0 heterocycles. The first-order valence-corrected chi connectivity index (χ1v) is 11.2. The van der Waals surface area contributed by atoms with Gasteiger partial charge in [0.15, 0.2) is 8.03 Å². The van der Waals surface area contributed by atoms with E-state index in [1.54, 1.807) is 12.1 Å². The number of benzene rings is 1. The Labute approximate surface area is 161 Å². The fraction of sp³-hybridized carbons (Fsp3) is 0.650. The molecule has 3 unspecified atom stereocenters. The van der Waals surface area contributed by atoms with Crippen molar-refractivity contribution >= 4 is 14.0 Å². The van der Waals surface area contributed by atoms with E-state index in [0.29, 0.717) is 13.0 Å². The summed E-state index contributed by atoms with van der Waals surface area (Å²) in [5.41, 5.74) is 1.47. The third-order valence-corrected chi connectivity index (χ3v) is 6.90. The van der Waals surface area contributed by atoms with Gasteiger partial charge in [0.05, 0.1) is 12.5 Å². The summed E-state index contributed by atoms with van der Waals surface area (Å²) in [7, 11) is -2.66. The normalized spacial score (nSPS) is 20.0. The molecular weight excluding hydrogens is 365 g/mol. The third-order valence-electron chi connectivity index (χ3n) is 5.56. The van der Waals surface area contributed by atoms with Crippen molar-refractivity contribution in [1.29, 1.82) is 0 Å². The van der Waals surface area contributed by atoms with E-state index >= 15 is 0 Å². The standard InChI is InChI=1S/C20H32NO5P/c1-14(16-9-7-15(8-10-16)11-20(23)24)21-13-18(22)12-19(27(25)26)17-5-3-2-4-6-17/h7-10,14,17-19,21-22,27H,2-6,11-13H2,1H3,(H,23,24)(H,25,26)/t14?,18-,19?/m0/s1. The van der Waals surface area contributed by atoms with Gasteiger partial charge in [-0.15, -0.1) is 0 Å². The molecule has 1 aromatic carbocycles. The van der Waals surface area contributed by atoms with Gasteiger partial charge in [0.25, 0.3) is 0 Å². The van der Waals surface area contributed by atoms with Gasteiger partial charge in [-0.1, -0.05) is 43.5 Å². The maximum atomic E-state index is 11.8. The molecule has 27 heavy (non-hydrogen) atoms. The Morgan fingerprint density at radius 2 is 1.85 bits per heavy atom. The van der Waals surface area contributed by atoms with Crippen molar-refractivity contribution in [3.8, 4) is 0 Å². The summed E-state index contributed by atoms with van der Waals surface area (Å²) in [6, 6.07) is 7.38. The fourth-order valence-electron chi connectivity index (χ4n) is 3.94. The van der Waals surface area contributed by atoms with Crippen LogP contribution >= 0.6 is 8.03 Å². The molecule has 152 valence electrons. The first kappa shape index (κ1) is 22.1. The summed E-state index contributed by atoms with van der Waals surface area (Å²) in [6.45, 7) is 2.34. The number of carboxylic acid groups (broad SMARTS) is 1. The maximum Gasteiger partial charge on any atom is 0.307 e. The molecule has 4 N–H and O–H groups in total. The van der Waals surface area contributed by atoms with Gasteiger partial charge in [0.2, 0.25) is 0 Å². The average Bonchev–Trinajstić information content (AvgIpc) is 2.64. The van der Waals surface area contributed by atoms with Gasteiger partial charge in [-0.2, -0.15) is 0 Å². The summed E-state index contributed by atoms with van der Waals surface area (Å²) in [5, 5.41) is 22.5. The second-order valence-corrected chi connectivity index (χ2v) is 9.09. The van der Waals surface area contributed by atoms with Crippen molar-refractivity contribution in [2.75, 3.05) is 6.54 Å². The topological polar surface area (TPSA) is 107 Å². The zero-order valence-corrected chi connectivity index (χ0v) is 16.9. The SMILES string of the molecule is CC(NC[C@@H](O)CC(C1CCCCC1)[PH](=O)O)c1ccc(CC(=O)O)cc1. The Kier molecular flexibility index (Phi) is 8.97. The highest BCUT2D eigenvalue weighted by Crippen LogP contribution is 2.40. The van der Waals surface area contributed by atoms with Gasteiger partial charge < -0.3 is 20.4 Å². The fourth-order valence-corrected chi connectivity index (χ4v) is 5.15. The molecule has 1 saturated carbocycles. The third kappa shape index (κ3) is 7.38. The Morgan fingerprint density at radius 3 is 2.41 bits per heavy atom. The van der Waals surface area contributed by atoms with E-state index in [9.17, 15) is 19.4 Å². The molecule has 0 spiro atoms. The molecule has 1 fully saturated rings. The summed E-state index contributed by atoms with van der Waals surface area (Å²) >= 11 is 0. The maximum absolute atomic E-state index is 11.8. The van der Waals surface area contributed by atoms with E-state index in [0.717, 1.165) is 36.8 Å². The predicted molar refractivity (Wildman–Crippen MR) is 106 cm³/mol. The number of aliphatic hydroxyl groups excluding tert-OH is 1. The van der Waals surface area contributed by atoms with Gasteiger partial charge in [-0.3, -0.25) is 9.36 Å². The number of aliphatic hydroxyl groups is 1. The molecule has 4 atom stereocenters. The van der Waals surface area contributed by atoms with Crippen molar-refractivity contribution in [1.82, 2.24) is 5.32 Å². The smallest absolute Gasteiger partial charge is 0.307 e. The highest BCUT2D eigenvalue weighted by atomic mass is 31.1. The summed E-state index contributed by atoms with van der Waals surface area (Å²) in [5.74, 6) is -0.600. The molecule has 1 aliphatic rings. The monoisotopic (exact) mass is 397 g/mol. The number of hydrogen-bond donors (Lipinski definition) is 4. The predicted octanol–water partition coefficient (Wildman–Crippen LogP) is 3.13.